The van der Waals surface area contributed by atoms with Crippen LogP contribution in [0.4, 0.5) is 10.3 Å². The summed E-state index contributed by atoms with van der Waals surface area (Å²) in [7, 11) is 2.99. The zero-order valence-corrected chi connectivity index (χ0v) is 22.0. The summed E-state index contributed by atoms with van der Waals surface area (Å²) in [5.74, 6) is 1.58. The first-order valence-corrected chi connectivity index (χ1v) is 12.8. The second-order valence-electron chi connectivity index (χ2n) is 9.08. The first-order valence-electron chi connectivity index (χ1n) is 12.8. The fraction of sp³-hybridized carbons (Fsp3) is 0.519. The molecule has 1 fully saturated rings. The molecule has 0 amide bonds. The molecule has 1 aliphatic heterocycles. The second kappa shape index (κ2) is 12.2. The average Bonchev–Trinajstić information content (AvgIpc) is 2.90. The number of likely N-dealkylation sites (tertiary alicyclic amines) is 1. The van der Waals surface area contributed by atoms with Crippen LogP contribution in [0.2, 0.25) is 0 Å². The van der Waals surface area contributed by atoms with E-state index in [-0.39, 0.29) is 31.0 Å². The molecule has 0 saturated carbocycles. The van der Waals surface area contributed by atoms with E-state index in [0.29, 0.717) is 30.7 Å². The van der Waals surface area contributed by atoms with Crippen molar-refractivity contribution in [1.29, 1.82) is 0 Å². The van der Waals surface area contributed by atoms with Gasteiger partial charge >= 0.3 is 12.0 Å². The van der Waals surface area contributed by atoms with Gasteiger partial charge in [0.05, 0.1) is 33.0 Å². The molecule has 1 aromatic heterocycles. The Labute approximate surface area is 217 Å². The number of alkyl halides is 1. The Kier molecular flexibility index (Phi) is 8.81. The van der Waals surface area contributed by atoms with Crippen molar-refractivity contribution in [2.75, 3.05) is 52.4 Å². The second-order valence-corrected chi connectivity index (χ2v) is 9.08. The van der Waals surface area contributed by atoms with Gasteiger partial charge in [0, 0.05) is 32.1 Å². The standard InChI is InChI=1S/C27H36FN5O4/c1-5-36-21-16-27(28,17-22(37-6-2)23(21)19-10-8-7-9-11-19)18-33-14-12-20(13-15-33)29-24-30-25(34-3)32-26(31-24)35-4/h7-11,16,20H,5-6,12-15,17-18H2,1-4H3,(H,29,30,31,32). The minimum atomic E-state index is -1.59. The lowest BCUT2D eigenvalue weighted by atomic mass is 9.86. The molecule has 10 heteroatoms. The summed E-state index contributed by atoms with van der Waals surface area (Å²) in [5.41, 5.74) is 0.206. The minimum Gasteiger partial charge on any atom is -0.497 e. The van der Waals surface area contributed by atoms with E-state index in [1.54, 1.807) is 6.08 Å². The molecule has 1 aromatic carbocycles. The summed E-state index contributed by atoms with van der Waals surface area (Å²) in [5, 5.41) is 3.33. The van der Waals surface area contributed by atoms with Crippen molar-refractivity contribution in [3.8, 4) is 12.0 Å². The molecule has 1 N–H and O–H groups in total. The Balaban J connectivity index is 1.44. The predicted octanol–water partition coefficient (Wildman–Crippen LogP) is 4.25. The van der Waals surface area contributed by atoms with Crippen LogP contribution in [0.25, 0.3) is 5.57 Å². The van der Waals surface area contributed by atoms with E-state index >= 15 is 4.39 Å². The largest absolute Gasteiger partial charge is 0.497 e. The first-order chi connectivity index (χ1) is 18.0. The van der Waals surface area contributed by atoms with Crippen LogP contribution in [0.1, 0.15) is 38.7 Å². The smallest absolute Gasteiger partial charge is 0.324 e. The maximum atomic E-state index is 16.4. The molecule has 0 spiro atoms. The van der Waals surface area contributed by atoms with Crippen LogP contribution in [-0.2, 0) is 9.47 Å². The number of anilines is 1. The number of nitrogens with zero attached hydrogens (tertiary/aromatic N) is 4. The topological polar surface area (TPSA) is 90.9 Å². The van der Waals surface area contributed by atoms with Gasteiger partial charge in [-0.25, -0.2) is 4.39 Å². The third kappa shape index (κ3) is 6.68. The van der Waals surface area contributed by atoms with E-state index < -0.39 is 5.67 Å². The van der Waals surface area contributed by atoms with Crippen molar-refractivity contribution in [3.63, 3.8) is 0 Å². The third-order valence-corrected chi connectivity index (χ3v) is 6.42. The van der Waals surface area contributed by atoms with Gasteiger partial charge in [-0.15, -0.1) is 4.98 Å². The van der Waals surface area contributed by atoms with Crippen LogP contribution >= 0.6 is 0 Å². The number of hydrogen-bond acceptors (Lipinski definition) is 9. The molecule has 9 nitrogen and oxygen atoms in total. The van der Waals surface area contributed by atoms with Crippen molar-refractivity contribution in [2.24, 2.45) is 0 Å². The van der Waals surface area contributed by atoms with Gasteiger partial charge in [0.15, 0.2) is 5.67 Å². The fourth-order valence-electron chi connectivity index (χ4n) is 4.80. The lowest BCUT2D eigenvalue weighted by molar-refractivity contribution is 0.0873. The van der Waals surface area contributed by atoms with E-state index in [2.05, 4.69) is 25.2 Å². The van der Waals surface area contributed by atoms with Crippen LogP contribution in [-0.4, -0.2) is 78.6 Å². The summed E-state index contributed by atoms with van der Waals surface area (Å²) in [4.78, 5) is 14.7. The summed E-state index contributed by atoms with van der Waals surface area (Å²) >= 11 is 0. The number of allylic oxidation sites excluding steroid dienone is 2. The molecule has 1 aliphatic carbocycles. The van der Waals surface area contributed by atoms with Crippen LogP contribution in [0.3, 0.4) is 0 Å². The van der Waals surface area contributed by atoms with Gasteiger partial charge in [0.25, 0.3) is 0 Å². The zero-order chi connectivity index (χ0) is 26.3. The minimum absolute atomic E-state index is 0.146. The lowest BCUT2D eigenvalue weighted by Crippen LogP contribution is -2.46. The van der Waals surface area contributed by atoms with Crippen molar-refractivity contribution >= 4 is 11.5 Å². The first kappa shape index (κ1) is 26.7. The average molecular weight is 514 g/mol. The van der Waals surface area contributed by atoms with Crippen LogP contribution in [0.15, 0.2) is 47.9 Å². The SMILES string of the molecule is CCOC1=CC(F)(CN2CCC(Nc3nc(OC)nc(OC)n3)CC2)CC(OCC)=C1c1ccccc1. The predicted molar refractivity (Wildman–Crippen MR) is 139 cm³/mol. The van der Waals surface area contributed by atoms with Gasteiger partial charge in [0.1, 0.15) is 11.5 Å². The van der Waals surface area contributed by atoms with Gasteiger partial charge in [0.2, 0.25) is 5.95 Å². The molecule has 1 saturated heterocycles. The summed E-state index contributed by atoms with van der Waals surface area (Å²) in [6, 6.07) is 10.4. The maximum Gasteiger partial charge on any atom is 0.324 e. The molecule has 2 heterocycles. The van der Waals surface area contributed by atoms with E-state index in [0.717, 1.165) is 37.1 Å². The summed E-state index contributed by atoms with van der Waals surface area (Å²) in [6.07, 6.45) is 3.45. The normalized spacial score (nSPS) is 20.8. The highest BCUT2D eigenvalue weighted by molar-refractivity contribution is 5.80. The molecular formula is C27H36FN5O4. The Morgan fingerprint density at radius 3 is 2.22 bits per heavy atom. The fourth-order valence-corrected chi connectivity index (χ4v) is 4.80. The van der Waals surface area contributed by atoms with E-state index in [1.807, 2.05) is 44.2 Å². The molecule has 1 unspecified atom stereocenters. The molecule has 2 aliphatic rings. The Morgan fingerprint density at radius 2 is 1.62 bits per heavy atom. The van der Waals surface area contributed by atoms with Crippen LogP contribution in [0.5, 0.6) is 12.0 Å². The van der Waals surface area contributed by atoms with Gasteiger partial charge in [-0.2, -0.15) is 9.97 Å². The Morgan fingerprint density at radius 1 is 0.973 bits per heavy atom. The Hall–Kier alpha value is -3.40. The van der Waals surface area contributed by atoms with Crippen molar-refractivity contribution in [2.45, 2.75) is 44.8 Å². The van der Waals surface area contributed by atoms with Crippen molar-refractivity contribution in [1.82, 2.24) is 19.9 Å². The van der Waals surface area contributed by atoms with E-state index in [9.17, 15) is 0 Å². The third-order valence-electron chi connectivity index (χ3n) is 6.42. The molecule has 2 aromatic rings. The number of aromatic nitrogens is 3. The number of rotatable bonds is 11. The highest BCUT2D eigenvalue weighted by Gasteiger charge is 2.39. The van der Waals surface area contributed by atoms with Crippen LogP contribution in [0, 0.1) is 0 Å². The molecule has 1 atom stereocenters. The van der Waals surface area contributed by atoms with E-state index in [4.69, 9.17) is 18.9 Å². The van der Waals surface area contributed by atoms with Crippen LogP contribution < -0.4 is 14.8 Å². The molecule has 0 bridgehead atoms. The summed E-state index contributed by atoms with van der Waals surface area (Å²) in [6.45, 7) is 6.48. The monoisotopic (exact) mass is 513 g/mol. The number of ether oxygens (including phenoxy) is 4. The van der Waals surface area contributed by atoms with Gasteiger partial charge in [-0.3, -0.25) is 4.90 Å². The zero-order valence-electron chi connectivity index (χ0n) is 22.0. The Bertz CT molecular complexity index is 1080. The molecule has 0 radical (unpaired) electrons. The number of methoxy groups -OCH3 is 2. The van der Waals surface area contributed by atoms with Crippen molar-refractivity contribution in [3.05, 3.63) is 53.5 Å². The number of halogens is 1. The lowest BCUT2D eigenvalue weighted by Gasteiger charge is -2.38. The highest BCUT2D eigenvalue weighted by Crippen LogP contribution is 2.41. The molecule has 200 valence electrons. The van der Waals surface area contributed by atoms with Gasteiger partial charge < -0.3 is 24.3 Å². The number of benzene rings is 1. The van der Waals surface area contributed by atoms with Crippen molar-refractivity contribution < 1.29 is 23.3 Å². The number of nitrogens with one attached hydrogen (secondary N) is 1. The highest BCUT2D eigenvalue weighted by atomic mass is 19.1. The van der Waals surface area contributed by atoms with Gasteiger partial charge in [-0.1, -0.05) is 30.3 Å². The molecular weight excluding hydrogens is 477 g/mol. The van der Waals surface area contributed by atoms with Gasteiger partial charge in [-0.05, 0) is 38.3 Å². The van der Waals surface area contributed by atoms with E-state index in [1.165, 1.54) is 14.2 Å². The number of hydrogen-bond donors (Lipinski definition) is 1. The summed E-state index contributed by atoms with van der Waals surface area (Å²) < 4.78 is 38.6. The molecule has 4 rings (SSSR count). The quantitative estimate of drug-likeness (QED) is 0.474. The molecule has 37 heavy (non-hydrogen) atoms. The maximum absolute atomic E-state index is 16.4. The number of piperidine rings is 1.